The van der Waals surface area contributed by atoms with Gasteiger partial charge in [-0.1, -0.05) is 0 Å². The minimum Gasteiger partial charge on any atom is -0.477 e. The van der Waals surface area contributed by atoms with Crippen LogP contribution < -0.4 is 14.5 Å². The van der Waals surface area contributed by atoms with Gasteiger partial charge in [-0.05, 0) is 18.2 Å². The molecule has 0 radical (unpaired) electrons. The summed E-state index contributed by atoms with van der Waals surface area (Å²) in [7, 11) is 0. The second kappa shape index (κ2) is 7.55. The van der Waals surface area contributed by atoms with E-state index in [9.17, 15) is 0 Å². The van der Waals surface area contributed by atoms with Gasteiger partial charge in [0.05, 0.1) is 30.7 Å². The van der Waals surface area contributed by atoms with Gasteiger partial charge in [-0.2, -0.15) is 4.98 Å². The summed E-state index contributed by atoms with van der Waals surface area (Å²) in [5.41, 5.74) is 0.905. The summed E-state index contributed by atoms with van der Waals surface area (Å²) in [5, 5.41) is 0.946. The number of ether oxygens (including phenoxy) is 2. The van der Waals surface area contributed by atoms with Gasteiger partial charge in [0.15, 0.2) is 0 Å². The summed E-state index contributed by atoms with van der Waals surface area (Å²) in [6, 6.07) is 7.79. The fourth-order valence-electron chi connectivity index (χ4n) is 3.59. The maximum Gasteiger partial charge on any atom is 0.225 e. The zero-order valence-electron chi connectivity index (χ0n) is 15.6. The third-order valence-corrected chi connectivity index (χ3v) is 5.13. The summed E-state index contributed by atoms with van der Waals surface area (Å²) < 4.78 is 11.6. The molecule has 2 saturated heterocycles. The first-order chi connectivity index (χ1) is 13.9. The summed E-state index contributed by atoms with van der Waals surface area (Å²) >= 11 is 0. The molecule has 144 valence electrons. The first-order valence-corrected chi connectivity index (χ1v) is 9.60. The molecule has 0 unspecified atom stereocenters. The summed E-state index contributed by atoms with van der Waals surface area (Å²) in [6.07, 6.45) is 5.34. The first-order valence-electron chi connectivity index (χ1n) is 9.60. The third kappa shape index (κ3) is 3.43. The fourth-order valence-corrected chi connectivity index (χ4v) is 3.59. The molecule has 3 aromatic rings. The van der Waals surface area contributed by atoms with E-state index < -0.39 is 0 Å². The molecule has 0 N–H and O–H groups in total. The van der Waals surface area contributed by atoms with Crippen LogP contribution in [-0.2, 0) is 4.74 Å². The lowest BCUT2D eigenvalue weighted by Gasteiger charge is -2.38. The van der Waals surface area contributed by atoms with E-state index in [1.54, 1.807) is 18.6 Å². The fraction of sp³-hybridized carbons (Fsp3) is 0.400. The predicted octanol–water partition coefficient (Wildman–Crippen LogP) is 1.77. The Kier molecular flexibility index (Phi) is 4.62. The maximum absolute atomic E-state index is 6.16. The van der Waals surface area contributed by atoms with Crippen molar-refractivity contribution < 1.29 is 9.47 Å². The molecule has 3 aromatic heterocycles. The molecule has 5 heterocycles. The minimum absolute atomic E-state index is 0.435. The van der Waals surface area contributed by atoms with Gasteiger partial charge in [0.25, 0.3) is 0 Å². The highest BCUT2D eigenvalue weighted by atomic mass is 16.5. The van der Waals surface area contributed by atoms with Crippen LogP contribution in [0.5, 0.6) is 5.88 Å². The van der Waals surface area contributed by atoms with Crippen molar-refractivity contribution in [3.8, 4) is 5.88 Å². The van der Waals surface area contributed by atoms with Crippen molar-refractivity contribution in [3.63, 3.8) is 0 Å². The van der Waals surface area contributed by atoms with Crippen LogP contribution in [-0.4, -0.2) is 65.9 Å². The summed E-state index contributed by atoms with van der Waals surface area (Å²) in [6.45, 7) is 5.51. The number of nitrogens with zero attached hydrogens (tertiary/aromatic N) is 6. The molecule has 0 aromatic carbocycles. The number of anilines is 2. The maximum atomic E-state index is 6.16. The zero-order chi connectivity index (χ0) is 18.8. The largest absolute Gasteiger partial charge is 0.477 e. The van der Waals surface area contributed by atoms with E-state index in [1.807, 2.05) is 24.3 Å². The summed E-state index contributed by atoms with van der Waals surface area (Å²) in [5.74, 6) is 2.77. The van der Waals surface area contributed by atoms with Gasteiger partial charge >= 0.3 is 0 Å². The number of fused-ring (bicyclic) bond motifs is 1. The third-order valence-electron chi connectivity index (χ3n) is 5.13. The predicted molar refractivity (Wildman–Crippen MR) is 106 cm³/mol. The molecular formula is C20H22N6O2. The number of hydrogen-bond donors (Lipinski definition) is 0. The van der Waals surface area contributed by atoms with Crippen LogP contribution >= 0.6 is 0 Å². The number of aromatic nitrogens is 4. The van der Waals surface area contributed by atoms with E-state index in [-0.39, 0.29) is 0 Å². The smallest absolute Gasteiger partial charge is 0.225 e. The molecule has 0 amide bonds. The lowest BCUT2D eigenvalue weighted by atomic mass is 10.0. The van der Waals surface area contributed by atoms with Crippen molar-refractivity contribution in [1.29, 1.82) is 0 Å². The average Bonchev–Trinajstić information content (AvgIpc) is 2.74. The zero-order valence-corrected chi connectivity index (χ0v) is 15.6. The van der Waals surface area contributed by atoms with Crippen molar-refractivity contribution >= 4 is 22.7 Å². The van der Waals surface area contributed by atoms with Crippen LogP contribution in [0.25, 0.3) is 10.9 Å². The van der Waals surface area contributed by atoms with Crippen LogP contribution in [0.2, 0.25) is 0 Å². The number of rotatable bonds is 5. The molecule has 0 saturated carbocycles. The second-order valence-electron chi connectivity index (χ2n) is 7.09. The van der Waals surface area contributed by atoms with Crippen LogP contribution in [0.1, 0.15) is 0 Å². The lowest BCUT2D eigenvalue weighted by molar-refractivity contribution is 0.122. The van der Waals surface area contributed by atoms with E-state index in [4.69, 9.17) is 14.5 Å². The van der Waals surface area contributed by atoms with Crippen LogP contribution in [0.4, 0.5) is 11.8 Å². The van der Waals surface area contributed by atoms with Gasteiger partial charge in [-0.15, -0.1) is 0 Å². The monoisotopic (exact) mass is 378 g/mol. The van der Waals surface area contributed by atoms with E-state index in [1.165, 1.54) is 0 Å². The van der Waals surface area contributed by atoms with Crippen molar-refractivity contribution in [2.45, 2.75) is 0 Å². The first kappa shape index (κ1) is 17.1. The average molecular weight is 378 g/mol. The Labute approximate surface area is 163 Å². The Hall–Kier alpha value is -3.00. The molecule has 0 aliphatic carbocycles. The normalized spacial score (nSPS) is 17.6. The lowest BCUT2D eigenvalue weighted by Crippen LogP contribution is -2.50. The number of pyridine rings is 2. The Bertz CT molecular complexity index is 942. The molecule has 0 spiro atoms. The van der Waals surface area contributed by atoms with Gasteiger partial charge in [-0.25, -0.2) is 9.97 Å². The van der Waals surface area contributed by atoms with Gasteiger partial charge in [-0.3, -0.25) is 4.98 Å². The molecule has 5 rings (SSSR count). The van der Waals surface area contributed by atoms with Crippen LogP contribution in [0.15, 0.2) is 42.9 Å². The van der Waals surface area contributed by atoms with Crippen LogP contribution in [0, 0.1) is 5.92 Å². The molecule has 8 nitrogen and oxygen atoms in total. The summed E-state index contributed by atoms with van der Waals surface area (Å²) in [4.78, 5) is 22.3. The molecule has 0 bridgehead atoms. The van der Waals surface area contributed by atoms with Crippen molar-refractivity contribution in [1.82, 2.24) is 19.9 Å². The molecule has 2 aliphatic rings. The van der Waals surface area contributed by atoms with Crippen LogP contribution in [0.3, 0.4) is 0 Å². The van der Waals surface area contributed by atoms with Gasteiger partial charge in [0, 0.05) is 56.8 Å². The Balaban J connectivity index is 1.30. The Morgan fingerprint density at radius 2 is 1.79 bits per heavy atom. The second-order valence-corrected chi connectivity index (χ2v) is 7.09. The highest BCUT2D eigenvalue weighted by molar-refractivity contribution is 5.85. The van der Waals surface area contributed by atoms with Gasteiger partial charge < -0.3 is 19.3 Å². The van der Waals surface area contributed by atoms with Crippen molar-refractivity contribution in [2.75, 3.05) is 55.8 Å². The quantitative estimate of drug-likeness (QED) is 0.665. The molecule has 2 fully saturated rings. The molecule has 0 atom stereocenters. The van der Waals surface area contributed by atoms with Crippen molar-refractivity contribution in [2.24, 2.45) is 5.92 Å². The molecule has 2 aliphatic heterocycles. The van der Waals surface area contributed by atoms with Crippen molar-refractivity contribution in [3.05, 3.63) is 42.9 Å². The molecule has 8 heteroatoms. The number of hydrogen-bond acceptors (Lipinski definition) is 8. The SMILES string of the molecule is c1cnc(N2CC(COc3nc(N4CCOCC4)cc4ncccc34)C2)nc1. The van der Waals surface area contributed by atoms with E-state index in [0.29, 0.717) is 18.4 Å². The highest BCUT2D eigenvalue weighted by Crippen LogP contribution is 2.29. The standard InChI is InChI=1S/C20H22N6O2/c1-3-16-17(21-4-1)11-18(25-7-9-27-10-8-25)24-19(16)28-14-15-12-26(13-15)20-22-5-2-6-23-20/h1-6,11,15H,7-10,12-14H2. The van der Waals surface area contributed by atoms with E-state index >= 15 is 0 Å². The molecular weight excluding hydrogens is 356 g/mol. The minimum atomic E-state index is 0.435. The van der Waals surface area contributed by atoms with Gasteiger partial charge in [0.2, 0.25) is 11.8 Å². The van der Waals surface area contributed by atoms with Gasteiger partial charge in [0.1, 0.15) is 5.82 Å². The highest BCUT2D eigenvalue weighted by Gasteiger charge is 2.29. The van der Waals surface area contributed by atoms with E-state index in [2.05, 4.69) is 24.8 Å². The number of morpholine rings is 1. The Morgan fingerprint density at radius 1 is 1.00 bits per heavy atom. The topological polar surface area (TPSA) is 76.5 Å². The Morgan fingerprint density at radius 3 is 2.61 bits per heavy atom. The molecule has 28 heavy (non-hydrogen) atoms. The van der Waals surface area contributed by atoms with E-state index in [0.717, 1.165) is 62.1 Å².